The van der Waals surface area contributed by atoms with Crippen LogP contribution in [0.1, 0.15) is 12.5 Å². The van der Waals surface area contributed by atoms with Crippen LogP contribution >= 0.6 is 11.8 Å². The van der Waals surface area contributed by atoms with Crippen LogP contribution in [0.3, 0.4) is 0 Å². The highest BCUT2D eigenvalue weighted by Gasteiger charge is 2.18. The maximum Gasteiger partial charge on any atom is 0.274 e. The smallest absolute Gasteiger partial charge is 0.274 e. The Labute approximate surface area is 181 Å². The van der Waals surface area contributed by atoms with Crippen LogP contribution in [0.5, 0.6) is 0 Å². The van der Waals surface area contributed by atoms with Gasteiger partial charge in [-0.15, -0.1) is 10.2 Å². The molecule has 0 aliphatic heterocycles. The van der Waals surface area contributed by atoms with Gasteiger partial charge in [0.2, 0.25) is 11.7 Å². The third-order valence-corrected chi connectivity index (χ3v) is 5.67. The number of hydrogen-bond acceptors (Lipinski definition) is 7. The largest absolute Gasteiger partial charge is 0.453 e. The van der Waals surface area contributed by atoms with Gasteiger partial charge >= 0.3 is 0 Å². The second kappa shape index (κ2) is 8.60. The zero-order valence-corrected chi connectivity index (χ0v) is 17.7. The van der Waals surface area contributed by atoms with E-state index in [4.69, 9.17) is 4.42 Å². The molecule has 0 aliphatic carbocycles. The molecule has 9 nitrogen and oxygen atoms in total. The number of para-hydroxylation sites is 1. The minimum atomic E-state index is -0.469. The molecule has 0 saturated heterocycles. The topological polar surface area (TPSA) is 116 Å². The standard InChI is InChI=1S/C21H19N5O4S/c1-3-25-20(18-10-14-6-4-5-7-17(14)30-18)23-24-21(25)31-12-19(27)22-15-9-8-13(2)16(11-15)26(28)29/h4-11H,3,12H2,1-2H3,(H,22,27). The second-order valence-corrected chi connectivity index (χ2v) is 7.74. The number of nitro benzene ring substituents is 1. The van der Waals surface area contributed by atoms with Crippen LogP contribution in [0.4, 0.5) is 11.4 Å². The zero-order valence-electron chi connectivity index (χ0n) is 16.9. The molecule has 31 heavy (non-hydrogen) atoms. The molecule has 4 aromatic rings. The first kappa shape index (κ1) is 20.6. The van der Waals surface area contributed by atoms with Gasteiger partial charge in [0.15, 0.2) is 10.9 Å². The van der Waals surface area contributed by atoms with Crippen molar-refractivity contribution >= 4 is 40.0 Å². The highest BCUT2D eigenvalue weighted by atomic mass is 32.2. The maximum atomic E-state index is 12.4. The summed E-state index contributed by atoms with van der Waals surface area (Å²) in [5.74, 6) is 0.994. The van der Waals surface area contributed by atoms with Crippen LogP contribution in [0.15, 0.2) is 58.1 Å². The molecule has 2 heterocycles. The molecule has 0 bridgehead atoms. The Kier molecular flexibility index (Phi) is 5.72. The summed E-state index contributed by atoms with van der Waals surface area (Å²) in [5, 5.41) is 23.8. The lowest BCUT2D eigenvalue weighted by Gasteiger charge is -2.07. The number of furan rings is 1. The Morgan fingerprint density at radius 2 is 2.03 bits per heavy atom. The lowest BCUT2D eigenvalue weighted by molar-refractivity contribution is -0.385. The van der Waals surface area contributed by atoms with Crippen LogP contribution in [0, 0.1) is 17.0 Å². The predicted octanol–water partition coefficient (Wildman–Crippen LogP) is 4.66. The fraction of sp³-hybridized carbons (Fsp3) is 0.190. The summed E-state index contributed by atoms with van der Waals surface area (Å²) in [6.07, 6.45) is 0. The fourth-order valence-electron chi connectivity index (χ4n) is 3.17. The predicted molar refractivity (Wildman–Crippen MR) is 118 cm³/mol. The average molecular weight is 437 g/mol. The SMILES string of the molecule is CCn1c(SCC(=O)Nc2ccc(C)c([N+](=O)[O-])c2)nnc1-c1cc2ccccc2o1. The van der Waals surface area contributed by atoms with Crippen LogP contribution in [-0.2, 0) is 11.3 Å². The van der Waals surface area contributed by atoms with Gasteiger partial charge in [0.25, 0.3) is 5.69 Å². The molecule has 2 aromatic heterocycles. The molecule has 1 amide bonds. The van der Waals surface area contributed by atoms with E-state index in [9.17, 15) is 14.9 Å². The van der Waals surface area contributed by atoms with E-state index in [1.54, 1.807) is 19.1 Å². The normalized spacial score (nSPS) is 11.0. The minimum Gasteiger partial charge on any atom is -0.453 e. The van der Waals surface area contributed by atoms with Crippen molar-refractivity contribution in [1.29, 1.82) is 0 Å². The van der Waals surface area contributed by atoms with Crippen molar-refractivity contribution in [3.63, 3.8) is 0 Å². The van der Waals surface area contributed by atoms with E-state index >= 15 is 0 Å². The van der Waals surface area contributed by atoms with E-state index in [1.807, 2.05) is 41.8 Å². The summed E-state index contributed by atoms with van der Waals surface area (Å²) in [6.45, 7) is 4.22. The van der Waals surface area contributed by atoms with Gasteiger partial charge < -0.3 is 9.73 Å². The first-order valence-corrected chi connectivity index (χ1v) is 10.5. The molecular weight excluding hydrogens is 418 g/mol. The van der Waals surface area contributed by atoms with Crippen molar-refractivity contribution in [1.82, 2.24) is 14.8 Å². The van der Waals surface area contributed by atoms with Gasteiger partial charge in [-0.3, -0.25) is 19.5 Å². The number of carbonyl (C=O) groups is 1. The molecule has 0 fully saturated rings. The monoisotopic (exact) mass is 437 g/mol. The van der Waals surface area contributed by atoms with E-state index < -0.39 is 4.92 Å². The van der Waals surface area contributed by atoms with Crippen molar-refractivity contribution in [3.05, 3.63) is 64.2 Å². The number of aryl methyl sites for hydroxylation is 1. The molecule has 158 valence electrons. The Hall–Kier alpha value is -3.66. The van der Waals surface area contributed by atoms with Gasteiger partial charge in [-0.25, -0.2) is 0 Å². The zero-order chi connectivity index (χ0) is 22.0. The Morgan fingerprint density at radius 3 is 2.77 bits per heavy atom. The van der Waals surface area contributed by atoms with Crippen molar-refractivity contribution in [2.45, 2.75) is 25.5 Å². The van der Waals surface area contributed by atoms with Gasteiger partial charge in [0.05, 0.1) is 10.7 Å². The fourth-order valence-corrected chi connectivity index (χ4v) is 3.97. The summed E-state index contributed by atoms with van der Waals surface area (Å²) in [4.78, 5) is 23.0. The third-order valence-electron chi connectivity index (χ3n) is 4.70. The molecule has 1 N–H and O–H groups in total. The number of rotatable bonds is 7. The molecule has 4 rings (SSSR count). The highest BCUT2D eigenvalue weighted by Crippen LogP contribution is 2.29. The summed E-state index contributed by atoms with van der Waals surface area (Å²) < 4.78 is 7.77. The van der Waals surface area contributed by atoms with E-state index in [0.717, 1.165) is 11.0 Å². The summed E-state index contributed by atoms with van der Waals surface area (Å²) in [7, 11) is 0. The number of nitrogens with zero attached hydrogens (tertiary/aromatic N) is 4. The number of thioether (sulfide) groups is 1. The van der Waals surface area contributed by atoms with Gasteiger partial charge in [0, 0.05) is 29.2 Å². The first-order valence-electron chi connectivity index (χ1n) is 9.56. The molecule has 0 atom stereocenters. The minimum absolute atomic E-state index is 0.0355. The van der Waals surface area contributed by atoms with E-state index in [1.165, 1.54) is 17.8 Å². The lowest BCUT2D eigenvalue weighted by atomic mass is 10.2. The van der Waals surface area contributed by atoms with Crippen LogP contribution in [-0.4, -0.2) is 31.3 Å². The summed E-state index contributed by atoms with van der Waals surface area (Å²) in [6, 6.07) is 14.2. The van der Waals surface area contributed by atoms with Crippen LogP contribution < -0.4 is 5.32 Å². The molecule has 0 spiro atoms. The van der Waals surface area contributed by atoms with Crippen LogP contribution in [0.2, 0.25) is 0 Å². The number of anilines is 1. The number of nitrogens with one attached hydrogen (secondary N) is 1. The molecule has 0 radical (unpaired) electrons. The molecule has 0 unspecified atom stereocenters. The number of benzene rings is 2. The number of hydrogen-bond donors (Lipinski definition) is 1. The van der Waals surface area contributed by atoms with Gasteiger partial charge in [-0.2, -0.15) is 0 Å². The Balaban J connectivity index is 1.47. The lowest BCUT2D eigenvalue weighted by Crippen LogP contribution is -2.15. The van der Waals surface area contributed by atoms with E-state index in [0.29, 0.717) is 34.5 Å². The Morgan fingerprint density at radius 1 is 1.23 bits per heavy atom. The summed E-state index contributed by atoms with van der Waals surface area (Å²) in [5.41, 5.74) is 1.64. The molecule has 0 aliphatic rings. The first-order chi connectivity index (χ1) is 15.0. The number of aromatic nitrogens is 3. The van der Waals surface area contributed by atoms with Crippen molar-refractivity contribution < 1.29 is 14.1 Å². The third kappa shape index (κ3) is 4.29. The number of carbonyl (C=O) groups excluding carboxylic acids is 1. The summed E-state index contributed by atoms with van der Waals surface area (Å²) >= 11 is 1.24. The maximum absolute atomic E-state index is 12.4. The quantitative estimate of drug-likeness (QED) is 0.254. The number of amides is 1. The second-order valence-electron chi connectivity index (χ2n) is 6.79. The number of nitro groups is 1. The number of fused-ring (bicyclic) bond motifs is 1. The van der Waals surface area contributed by atoms with E-state index in [-0.39, 0.29) is 17.3 Å². The molecule has 2 aromatic carbocycles. The molecular formula is C21H19N5O4S. The Bertz CT molecular complexity index is 1250. The molecule has 0 saturated carbocycles. The average Bonchev–Trinajstić information content (AvgIpc) is 3.36. The van der Waals surface area contributed by atoms with Crippen molar-refractivity contribution in [2.75, 3.05) is 11.1 Å². The van der Waals surface area contributed by atoms with Gasteiger partial charge in [-0.05, 0) is 32.0 Å². The van der Waals surface area contributed by atoms with Crippen molar-refractivity contribution in [2.24, 2.45) is 0 Å². The van der Waals surface area contributed by atoms with Gasteiger partial charge in [0.1, 0.15) is 5.58 Å². The van der Waals surface area contributed by atoms with Gasteiger partial charge in [-0.1, -0.05) is 36.0 Å². The van der Waals surface area contributed by atoms with Crippen LogP contribution in [0.25, 0.3) is 22.6 Å². The highest BCUT2D eigenvalue weighted by molar-refractivity contribution is 7.99. The molecule has 10 heteroatoms. The van der Waals surface area contributed by atoms with Crippen molar-refractivity contribution in [3.8, 4) is 11.6 Å². The van der Waals surface area contributed by atoms with E-state index in [2.05, 4.69) is 15.5 Å².